The fourth-order valence-electron chi connectivity index (χ4n) is 7.19. The summed E-state index contributed by atoms with van der Waals surface area (Å²) in [6.07, 6.45) is 8.30. The van der Waals surface area contributed by atoms with Crippen LogP contribution in [0.15, 0.2) is 88.7 Å². The van der Waals surface area contributed by atoms with E-state index in [0.717, 1.165) is 43.1 Å². The van der Waals surface area contributed by atoms with Crippen molar-refractivity contribution in [3.63, 3.8) is 0 Å². The highest BCUT2D eigenvalue weighted by Crippen LogP contribution is 2.40. The number of aromatic nitrogens is 2. The van der Waals surface area contributed by atoms with E-state index in [9.17, 15) is 24.2 Å². The number of pyridine rings is 2. The van der Waals surface area contributed by atoms with E-state index in [1.807, 2.05) is 22.1 Å². The van der Waals surface area contributed by atoms with Crippen molar-refractivity contribution in [2.45, 2.75) is 70.9 Å². The standard InChI is InChI=1S/C20H24N2O2.C16H17FN2O2/c23-18-12-17-13-22(11-10-21(17)14-19(18)24)20(16-8-4-5-9-16)15-6-2-1-3-7-15;1-11(12-3-2-4-13(17)7-12)18-5-6-19-10-16(21)15(20)8-14(19)9-18/h1-3,6-7,12,14,16,20,24H,4-5,8-11,13H2;2-4,7-8,10-11,21H,5-6,9H2,1H3. The lowest BCUT2D eigenvalue weighted by molar-refractivity contribution is 0.109. The molecule has 2 aromatic carbocycles. The monoisotopic (exact) mass is 612 g/mol. The van der Waals surface area contributed by atoms with Crippen molar-refractivity contribution in [3.8, 4) is 11.5 Å². The molecule has 2 unspecified atom stereocenters. The Hall–Kier alpha value is -4.21. The number of halogens is 1. The van der Waals surface area contributed by atoms with E-state index in [0.29, 0.717) is 25.0 Å². The van der Waals surface area contributed by atoms with Gasteiger partial charge in [0.2, 0.25) is 10.9 Å². The Morgan fingerprint density at radius 2 is 1.27 bits per heavy atom. The SMILES string of the molecule is CC(c1cccc(F)c1)N1CCn2cc(O)c(=O)cc2C1.O=c1cc2n(cc1O)CCN(C(c1ccccc1)C1CCCC1)C2. The zero-order chi connectivity index (χ0) is 31.5. The third-order valence-electron chi connectivity index (χ3n) is 9.64. The molecule has 2 N–H and O–H groups in total. The number of hydrogen-bond donors (Lipinski definition) is 2. The van der Waals surface area contributed by atoms with Gasteiger partial charge in [0.1, 0.15) is 5.82 Å². The molecule has 7 rings (SSSR count). The molecule has 1 saturated carbocycles. The van der Waals surface area contributed by atoms with E-state index in [-0.39, 0.29) is 34.2 Å². The molecule has 2 atom stereocenters. The highest BCUT2D eigenvalue weighted by molar-refractivity contribution is 5.25. The van der Waals surface area contributed by atoms with Crippen molar-refractivity contribution in [1.82, 2.24) is 18.9 Å². The van der Waals surface area contributed by atoms with Crippen molar-refractivity contribution < 1.29 is 14.6 Å². The zero-order valence-corrected chi connectivity index (χ0v) is 25.7. The Kier molecular flexibility index (Phi) is 9.19. The highest BCUT2D eigenvalue weighted by atomic mass is 19.1. The summed E-state index contributed by atoms with van der Waals surface area (Å²) in [4.78, 5) is 28.1. The summed E-state index contributed by atoms with van der Waals surface area (Å²) in [5.41, 5.74) is 3.54. The van der Waals surface area contributed by atoms with Gasteiger partial charge in [0.25, 0.3) is 0 Å². The number of fused-ring (bicyclic) bond motifs is 2. The van der Waals surface area contributed by atoms with Gasteiger partial charge in [-0.25, -0.2) is 4.39 Å². The Morgan fingerprint density at radius 3 is 1.87 bits per heavy atom. The minimum atomic E-state index is -0.360. The predicted octanol–water partition coefficient (Wildman–Crippen LogP) is 5.57. The molecular formula is C36H41FN4O4. The number of rotatable bonds is 5. The summed E-state index contributed by atoms with van der Waals surface area (Å²) in [6, 6.07) is 20.9. The highest BCUT2D eigenvalue weighted by Gasteiger charge is 2.33. The first-order chi connectivity index (χ1) is 21.8. The van der Waals surface area contributed by atoms with Gasteiger partial charge in [0.15, 0.2) is 11.5 Å². The molecule has 4 heterocycles. The molecule has 2 aliphatic heterocycles. The van der Waals surface area contributed by atoms with Crippen molar-refractivity contribution in [3.05, 3.63) is 128 Å². The van der Waals surface area contributed by atoms with Crippen LogP contribution >= 0.6 is 0 Å². The average Bonchev–Trinajstić information content (AvgIpc) is 3.57. The number of benzene rings is 2. The molecule has 3 aliphatic rings. The maximum Gasteiger partial charge on any atom is 0.223 e. The van der Waals surface area contributed by atoms with Crippen LogP contribution in [0.5, 0.6) is 11.5 Å². The number of hydrogen-bond acceptors (Lipinski definition) is 6. The third kappa shape index (κ3) is 6.89. The molecule has 0 radical (unpaired) electrons. The van der Waals surface area contributed by atoms with Crippen molar-refractivity contribution in [2.24, 2.45) is 5.92 Å². The van der Waals surface area contributed by atoms with E-state index in [1.165, 1.54) is 49.6 Å². The van der Waals surface area contributed by atoms with Crippen LogP contribution in [0.25, 0.3) is 0 Å². The molecule has 0 bridgehead atoms. The van der Waals surface area contributed by atoms with Gasteiger partial charge >= 0.3 is 0 Å². The summed E-state index contributed by atoms with van der Waals surface area (Å²) >= 11 is 0. The topological polar surface area (TPSA) is 90.9 Å². The van der Waals surface area contributed by atoms with Crippen molar-refractivity contribution in [2.75, 3.05) is 13.1 Å². The second-order valence-corrected chi connectivity index (χ2v) is 12.5. The van der Waals surface area contributed by atoms with Crippen LogP contribution in [0.2, 0.25) is 0 Å². The van der Waals surface area contributed by atoms with E-state index in [1.54, 1.807) is 24.4 Å². The summed E-state index contributed by atoms with van der Waals surface area (Å²) in [5, 5.41) is 19.1. The fraction of sp³-hybridized carbons (Fsp3) is 0.389. The van der Waals surface area contributed by atoms with E-state index in [4.69, 9.17) is 0 Å². The minimum absolute atomic E-state index is 0.0679. The molecule has 9 heteroatoms. The molecule has 0 amide bonds. The Balaban J connectivity index is 0.000000160. The molecule has 2 aromatic heterocycles. The summed E-state index contributed by atoms with van der Waals surface area (Å²) < 4.78 is 17.3. The minimum Gasteiger partial charge on any atom is -0.503 e. The normalized spacial score (nSPS) is 18.4. The molecule has 236 valence electrons. The number of nitrogens with zero attached hydrogens (tertiary/aromatic N) is 4. The second-order valence-electron chi connectivity index (χ2n) is 12.5. The van der Waals surface area contributed by atoms with Gasteiger partial charge in [0, 0.05) is 74.9 Å². The molecule has 1 aliphatic carbocycles. The Morgan fingerprint density at radius 1 is 0.711 bits per heavy atom. The molecule has 45 heavy (non-hydrogen) atoms. The summed E-state index contributed by atoms with van der Waals surface area (Å²) in [6.45, 7) is 6.65. The van der Waals surface area contributed by atoms with Crippen LogP contribution in [0.1, 0.15) is 67.2 Å². The van der Waals surface area contributed by atoms with Crippen LogP contribution in [0.4, 0.5) is 4.39 Å². The van der Waals surface area contributed by atoms with Gasteiger partial charge in [-0.1, -0.05) is 55.3 Å². The lowest BCUT2D eigenvalue weighted by atomic mass is 9.89. The van der Waals surface area contributed by atoms with Crippen LogP contribution in [0, 0.1) is 11.7 Å². The maximum absolute atomic E-state index is 13.3. The van der Waals surface area contributed by atoms with Gasteiger partial charge in [-0.2, -0.15) is 0 Å². The van der Waals surface area contributed by atoms with Crippen LogP contribution in [-0.4, -0.2) is 42.2 Å². The lowest BCUT2D eigenvalue weighted by Gasteiger charge is -2.39. The molecular weight excluding hydrogens is 571 g/mol. The summed E-state index contributed by atoms with van der Waals surface area (Å²) in [7, 11) is 0. The third-order valence-corrected chi connectivity index (χ3v) is 9.64. The Bertz CT molecular complexity index is 1750. The Labute approximate surface area is 262 Å². The van der Waals surface area contributed by atoms with Crippen molar-refractivity contribution >= 4 is 0 Å². The van der Waals surface area contributed by atoms with E-state index < -0.39 is 0 Å². The largest absolute Gasteiger partial charge is 0.503 e. The van der Waals surface area contributed by atoms with Gasteiger partial charge in [-0.15, -0.1) is 0 Å². The molecule has 0 saturated heterocycles. The second kappa shape index (κ2) is 13.4. The van der Waals surface area contributed by atoms with Gasteiger partial charge in [-0.05, 0) is 48.9 Å². The molecule has 0 spiro atoms. The molecule has 4 aromatic rings. The van der Waals surface area contributed by atoms with Crippen LogP contribution < -0.4 is 10.9 Å². The zero-order valence-electron chi connectivity index (χ0n) is 25.7. The van der Waals surface area contributed by atoms with Gasteiger partial charge in [-0.3, -0.25) is 19.4 Å². The number of aromatic hydroxyl groups is 2. The van der Waals surface area contributed by atoms with Crippen molar-refractivity contribution in [1.29, 1.82) is 0 Å². The van der Waals surface area contributed by atoms with E-state index >= 15 is 0 Å². The first-order valence-corrected chi connectivity index (χ1v) is 15.9. The summed E-state index contributed by atoms with van der Waals surface area (Å²) in [5.74, 6) is 0.0914. The van der Waals surface area contributed by atoms with Crippen LogP contribution in [0.3, 0.4) is 0 Å². The van der Waals surface area contributed by atoms with E-state index in [2.05, 4.69) is 40.1 Å². The predicted molar refractivity (Wildman–Crippen MR) is 172 cm³/mol. The van der Waals surface area contributed by atoms with Crippen LogP contribution in [-0.2, 0) is 26.2 Å². The first-order valence-electron chi connectivity index (χ1n) is 15.9. The first kappa shape index (κ1) is 30.8. The molecule has 1 fully saturated rings. The van der Waals surface area contributed by atoms with Gasteiger partial charge < -0.3 is 19.3 Å². The maximum atomic E-state index is 13.3. The lowest BCUT2D eigenvalue weighted by Crippen LogP contribution is -2.40. The van der Waals surface area contributed by atoms with Gasteiger partial charge in [0.05, 0.1) is 12.4 Å². The fourth-order valence-corrected chi connectivity index (χ4v) is 7.19. The quantitative estimate of drug-likeness (QED) is 0.306. The smallest absolute Gasteiger partial charge is 0.223 e. The average molecular weight is 613 g/mol. The molecule has 8 nitrogen and oxygen atoms in total.